The molecule has 2 heterocycles. The minimum atomic E-state index is -0.176. The molecule has 0 aliphatic carbocycles. The first-order valence-corrected chi connectivity index (χ1v) is 9.11. The van der Waals surface area contributed by atoms with E-state index in [0.29, 0.717) is 24.4 Å². The summed E-state index contributed by atoms with van der Waals surface area (Å²) in [5.74, 6) is 0.687. The zero-order valence-corrected chi connectivity index (χ0v) is 15.2. The van der Waals surface area contributed by atoms with Crippen LogP contribution in [0.1, 0.15) is 39.2 Å². The number of nitrogens with zero attached hydrogens (tertiary/aromatic N) is 2. The molecule has 1 saturated heterocycles. The van der Waals surface area contributed by atoms with Crippen LogP contribution in [-0.2, 0) is 9.59 Å². The van der Waals surface area contributed by atoms with Gasteiger partial charge in [0.2, 0.25) is 0 Å². The van der Waals surface area contributed by atoms with Gasteiger partial charge in [0.15, 0.2) is 0 Å². The van der Waals surface area contributed by atoms with Crippen LogP contribution in [-0.4, -0.2) is 47.9 Å². The maximum Gasteiger partial charge on any atom is 0.277 e. The first kappa shape index (κ1) is 17.5. The smallest absolute Gasteiger partial charge is 0.277 e. The number of likely N-dealkylation sites (tertiary alicyclic amines) is 1. The minimum Gasteiger partial charge on any atom is -0.494 e. The van der Waals surface area contributed by atoms with Gasteiger partial charge in [0.1, 0.15) is 11.4 Å². The first-order chi connectivity index (χ1) is 12.0. The number of hydrogen-bond acceptors (Lipinski definition) is 4. The summed E-state index contributed by atoms with van der Waals surface area (Å²) in [4.78, 5) is 29.5. The van der Waals surface area contributed by atoms with Crippen molar-refractivity contribution in [1.29, 1.82) is 0 Å². The van der Waals surface area contributed by atoms with Crippen molar-refractivity contribution in [2.75, 3.05) is 26.2 Å². The van der Waals surface area contributed by atoms with E-state index in [1.165, 1.54) is 4.90 Å². The van der Waals surface area contributed by atoms with E-state index in [2.05, 4.69) is 4.90 Å². The van der Waals surface area contributed by atoms with E-state index in [0.717, 1.165) is 37.2 Å². The lowest BCUT2D eigenvalue weighted by Crippen LogP contribution is -2.37. The molecule has 0 N–H and O–H groups in total. The van der Waals surface area contributed by atoms with E-state index >= 15 is 0 Å². The molecule has 1 aromatic rings. The van der Waals surface area contributed by atoms with Gasteiger partial charge in [-0.05, 0) is 43.4 Å². The molecule has 2 aliphatic rings. The van der Waals surface area contributed by atoms with Crippen LogP contribution in [0, 0.1) is 5.92 Å². The molecule has 0 radical (unpaired) electrons. The van der Waals surface area contributed by atoms with Crippen molar-refractivity contribution in [2.24, 2.45) is 5.92 Å². The third-order valence-electron chi connectivity index (χ3n) is 4.57. The topological polar surface area (TPSA) is 49.9 Å². The molecule has 0 unspecified atom stereocenters. The Balaban J connectivity index is 2.00. The summed E-state index contributed by atoms with van der Waals surface area (Å²) in [7, 11) is 0. The van der Waals surface area contributed by atoms with E-state index in [-0.39, 0.29) is 17.7 Å². The first-order valence-electron chi connectivity index (χ1n) is 9.11. The molecule has 25 heavy (non-hydrogen) atoms. The van der Waals surface area contributed by atoms with Crippen LogP contribution < -0.4 is 4.74 Å². The van der Waals surface area contributed by atoms with Crippen LogP contribution in [0.25, 0.3) is 5.57 Å². The standard InChI is InChI=1S/C20H26N2O3/c1-4-25-16-9-7-15(8-10-16)17-18(21-11-5-6-12-21)20(24)22(19(17)23)13-14(2)3/h7-10,14H,4-6,11-13H2,1-3H3. The Hall–Kier alpha value is -2.30. The number of carbonyl (C=O) groups excluding carboxylic acids is 2. The third kappa shape index (κ3) is 3.41. The molecule has 3 rings (SSSR count). The average Bonchev–Trinajstić information content (AvgIpc) is 3.18. The summed E-state index contributed by atoms with van der Waals surface area (Å²) in [6.45, 7) is 8.70. The monoisotopic (exact) mass is 342 g/mol. The highest BCUT2D eigenvalue weighted by molar-refractivity contribution is 6.35. The fourth-order valence-corrected chi connectivity index (χ4v) is 3.47. The SMILES string of the molecule is CCOc1ccc(C2=C(N3CCCC3)C(=O)N(CC(C)C)C2=O)cc1. The lowest BCUT2D eigenvalue weighted by molar-refractivity contribution is -0.138. The van der Waals surface area contributed by atoms with E-state index in [1.54, 1.807) is 0 Å². The molecule has 134 valence electrons. The van der Waals surface area contributed by atoms with Crippen molar-refractivity contribution < 1.29 is 14.3 Å². The largest absolute Gasteiger partial charge is 0.494 e. The highest BCUT2D eigenvalue weighted by atomic mass is 16.5. The van der Waals surface area contributed by atoms with E-state index in [9.17, 15) is 9.59 Å². The van der Waals surface area contributed by atoms with Crippen molar-refractivity contribution in [3.8, 4) is 5.75 Å². The molecule has 1 fully saturated rings. The van der Waals surface area contributed by atoms with Gasteiger partial charge in [-0.15, -0.1) is 0 Å². The number of amides is 2. The van der Waals surface area contributed by atoms with Gasteiger partial charge in [0.05, 0.1) is 12.2 Å². The van der Waals surface area contributed by atoms with Gasteiger partial charge in [-0.1, -0.05) is 26.0 Å². The minimum absolute atomic E-state index is 0.149. The van der Waals surface area contributed by atoms with Crippen LogP contribution in [0.15, 0.2) is 30.0 Å². The van der Waals surface area contributed by atoms with Crippen molar-refractivity contribution in [2.45, 2.75) is 33.6 Å². The van der Waals surface area contributed by atoms with E-state index in [4.69, 9.17) is 4.74 Å². The van der Waals surface area contributed by atoms with E-state index < -0.39 is 0 Å². The van der Waals surface area contributed by atoms with Crippen molar-refractivity contribution in [3.05, 3.63) is 35.5 Å². The summed E-state index contributed by atoms with van der Waals surface area (Å²) in [5, 5.41) is 0. The van der Waals surface area contributed by atoms with Crippen LogP contribution in [0.3, 0.4) is 0 Å². The Morgan fingerprint density at radius 3 is 2.24 bits per heavy atom. The van der Waals surface area contributed by atoms with Crippen LogP contribution in [0.2, 0.25) is 0 Å². The zero-order chi connectivity index (χ0) is 18.0. The highest BCUT2D eigenvalue weighted by Crippen LogP contribution is 2.34. The van der Waals surface area contributed by atoms with Crippen molar-refractivity contribution in [3.63, 3.8) is 0 Å². The molecule has 0 bridgehead atoms. The third-order valence-corrected chi connectivity index (χ3v) is 4.57. The summed E-state index contributed by atoms with van der Waals surface area (Å²) in [5.41, 5.74) is 1.90. The number of imide groups is 1. The van der Waals surface area contributed by atoms with Crippen LogP contribution in [0.5, 0.6) is 5.75 Å². The zero-order valence-electron chi connectivity index (χ0n) is 15.2. The molecule has 5 heteroatoms. The Bertz CT molecular complexity index is 685. The molecule has 2 aliphatic heterocycles. The number of ether oxygens (including phenoxy) is 1. The summed E-state index contributed by atoms with van der Waals surface area (Å²) < 4.78 is 5.48. The van der Waals surface area contributed by atoms with Gasteiger partial charge in [0.25, 0.3) is 11.8 Å². The van der Waals surface area contributed by atoms with Crippen molar-refractivity contribution in [1.82, 2.24) is 9.80 Å². The summed E-state index contributed by atoms with van der Waals surface area (Å²) in [6.07, 6.45) is 2.12. The maximum absolute atomic E-state index is 13.0. The second kappa shape index (κ2) is 7.30. The Morgan fingerprint density at radius 1 is 1.04 bits per heavy atom. The number of benzene rings is 1. The molecular weight excluding hydrogens is 316 g/mol. The summed E-state index contributed by atoms with van der Waals surface area (Å²) >= 11 is 0. The number of rotatable bonds is 6. The second-order valence-corrected chi connectivity index (χ2v) is 6.99. The van der Waals surface area contributed by atoms with Crippen LogP contribution >= 0.6 is 0 Å². The summed E-state index contributed by atoms with van der Waals surface area (Å²) in [6, 6.07) is 7.47. The highest BCUT2D eigenvalue weighted by Gasteiger charge is 2.42. The Kier molecular flexibility index (Phi) is 5.11. The predicted octanol–water partition coefficient (Wildman–Crippen LogP) is 2.92. The molecule has 0 saturated carbocycles. The van der Waals surface area contributed by atoms with Gasteiger partial charge in [-0.2, -0.15) is 0 Å². The number of carbonyl (C=O) groups is 2. The second-order valence-electron chi connectivity index (χ2n) is 6.99. The number of hydrogen-bond donors (Lipinski definition) is 0. The lowest BCUT2D eigenvalue weighted by Gasteiger charge is -2.21. The van der Waals surface area contributed by atoms with Gasteiger partial charge in [0, 0.05) is 19.6 Å². The molecule has 5 nitrogen and oxygen atoms in total. The van der Waals surface area contributed by atoms with Crippen molar-refractivity contribution >= 4 is 17.4 Å². The fourth-order valence-electron chi connectivity index (χ4n) is 3.47. The van der Waals surface area contributed by atoms with Gasteiger partial charge in [-0.3, -0.25) is 14.5 Å². The van der Waals surface area contributed by atoms with Gasteiger partial charge in [-0.25, -0.2) is 0 Å². The van der Waals surface area contributed by atoms with Gasteiger partial charge >= 0.3 is 0 Å². The quantitative estimate of drug-likeness (QED) is 0.746. The van der Waals surface area contributed by atoms with E-state index in [1.807, 2.05) is 45.0 Å². The normalized spacial score (nSPS) is 18.1. The molecule has 1 aromatic carbocycles. The molecule has 0 atom stereocenters. The average molecular weight is 342 g/mol. The Labute approximate surface area is 149 Å². The molecule has 2 amide bonds. The molecule has 0 spiro atoms. The van der Waals surface area contributed by atoms with Crippen LogP contribution in [0.4, 0.5) is 0 Å². The Morgan fingerprint density at radius 2 is 1.68 bits per heavy atom. The maximum atomic E-state index is 13.0. The van der Waals surface area contributed by atoms with Gasteiger partial charge < -0.3 is 9.64 Å². The molecule has 0 aromatic heterocycles. The predicted molar refractivity (Wildman–Crippen MR) is 96.9 cm³/mol. The lowest BCUT2D eigenvalue weighted by atomic mass is 10.0. The molecular formula is C20H26N2O3. The fraction of sp³-hybridized carbons (Fsp3) is 0.500.